The van der Waals surface area contributed by atoms with Gasteiger partial charge in [0.25, 0.3) is 5.91 Å². The minimum Gasteiger partial charge on any atom is -0.494 e. The molecule has 5 rings (SSSR count). The van der Waals surface area contributed by atoms with Crippen molar-refractivity contribution in [1.82, 2.24) is 40.0 Å². The van der Waals surface area contributed by atoms with Crippen molar-refractivity contribution in [3.63, 3.8) is 0 Å². The number of aryl methyl sites for hydroxylation is 4. The molecule has 0 saturated heterocycles. The number of anilines is 1. The maximum Gasteiger partial charge on any atom is 0.407 e. The minimum absolute atomic E-state index is 0.0538. The van der Waals surface area contributed by atoms with Gasteiger partial charge in [0.05, 0.1) is 30.3 Å². The van der Waals surface area contributed by atoms with Gasteiger partial charge in [0, 0.05) is 69.5 Å². The maximum atomic E-state index is 13.7. The summed E-state index contributed by atoms with van der Waals surface area (Å²) >= 11 is 0. The molecular weight excluding hydrogens is 795 g/mol. The van der Waals surface area contributed by atoms with Crippen LogP contribution in [0, 0.1) is 13.8 Å². The zero-order valence-electron chi connectivity index (χ0n) is 34.0. The number of hydrogen-bond donors (Lipinski definition) is 5. The van der Waals surface area contributed by atoms with E-state index in [4.69, 9.17) is 14.2 Å². The lowest BCUT2D eigenvalue weighted by Gasteiger charge is -2.20. The standard InChI is InChI=1S/C41H51N9O9S/c1-28-22-33(58-21-8-12-36(51)42-16-17-45-41(54)59-27-30-10-6-5-7-11-30)23-29(2)37(28)60(55,56)48-34(39(53)57-4)26-46-38(52)31-13-14-35-32(24-31)25-47-50(35)19-9-15-43-40-44-18-20-49(40)3/h5-7,10-11,13-14,18,20,22-25,34,48H,8-9,12,15-17,19,21,26-27H2,1-4H3,(H,42,51)(H,43,44)(H,45,54)(H,46,52)/t34-/m0/s1. The summed E-state index contributed by atoms with van der Waals surface area (Å²) in [7, 11) is -1.25. The highest BCUT2D eigenvalue weighted by molar-refractivity contribution is 7.89. The summed E-state index contributed by atoms with van der Waals surface area (Å²) < 4.78 is 49.3. The smallest absolute Gasteiger partial charge is 0.407 e. The van der Waals surface area contributed by atoms with Gasteiger partial charge in [-0.05, 0) is 73.7 Å². The number of alkyl carbamates (subject to hydrolysis) is 1. The number of amides is 3. The predicted molar refractivity (Wildman–Crippen MR) is 223 cm³/mol. The Morgan fingerprint density at radius 3 is 2.37 bits per heavy atom. The summed E-state index contributed by atoms with van der Waals surface area (Å²) in [6, 6.07) is 16.1. The molecule has 0 radical (unpaired) electrons. The molecule has 3 amide bonds. The van der Waals surface area contributed by atoms with E-state index >= 15 is 0 Å². The van der Waals surface area contributed by atoms with Crippen LogP contribution in [0.25, 0.3) is 10.9 Å². The second-order valence-corrected chi connectivity index (χ2v) is 15.5. The van der Waals surface area contributed by atoms with Crippen LogP contribution in [-0.2, 0) is 49.3 Å². The van der Waals surface area contributed by atoms with Gasteiger partial charge in [-0.3, -0.25) is 19.1 Å². The van der Waals surface area contributed by atoms with Crippen LogP contribution in [0.2, 0.25) is 0 Å². The molecule has 60 heavy (non-hydrogen) atoms. The molecule has 0 unspecified atom stereocenters. The number of hydrogen-bond acceptors (Lipinski definition) is 12. The van der Waals surface area contributed by atoms with Crippen molar-refractivity contribution in [2.75, 3.05) is 45.2 Å². The van der Waals surface area contributed by atoms with E-state index < -0.39 is 34.0 Å². The number of aromatic nitrogens is 4. The molecule has 0 bridgehead atoms. The summed E-state index contributed by atoms with van der Waals surface area (Å²) in [6.45, 7) is 4.91. The van der Waals surface area contributed by atoms with Gasteiger partial charge >= 0.3 is 12.1 Å². The summed E-state index contributed by atoms with van der Waals surface area (Å²) in [5, 5.41) is 16.4. The zero-order valence-corrected chi connectivity index (χ0v) is 34.8. The van der Waals surface area contributed by atoms with Gasteiger partial charge in [-0.25, -0.2) is 18.2 Å². The molecule has 0 aliphatic heterocycles. The number of esters is 1. The van der Waals surface area contributed by atoms with Gasteiger partial charge in [-0.2, -0.15) is 9.82 Å². The number of nitrogens with zero attached hydrogens (tertiary/aromatic N) is 4. The third-order valence-corrected chi connectivity index (χ3v) is 11.0. The second-order valence-electron chi connectivity index (χ2n) is 13.9. The first kappa shape index (κ1) is 44.6. The van der Waals surface area contributed by atoms with E-state index in [1.807, 2.05) is 52.8 Å². The largest absolute Gasteiger partial charge is 0.494 e. The Hall–Kier alpha value is -6.47. The highest BCUT2D eigenvalue weighted by Gasteiger charge is 2.29. The molecule has 0 aliphatic rings. The highest BCUT2D eigenvalue weighted by Crippen LogP contribution is 2.26. The van der Waals surface area contributed by atoms with E-state index in [0.29, 0.717) is 42.0 Å². The number of rotatable bonds is 22. The molecule has 0 spiro atoms. The van der Waals surface area contributed by atoms with Gasteiger partial charge in [0.1, 0.15) is 18.4 Å². The lowest BCUT2D eigenvalue weighted by atomic mass is 10.1. The van der Waals surface area contributed by atoms with Gasteiger partial charge in [0.15, 0.2) is 0 Å². The third-order valence-electron chi connectivity index (χ3n) is 9.25. The van der Waals surface area contributed by atoms with Crippen LogP contribution >= 0.6 is 0 Å². The minimum atomic E-state index is -4.29. The second kappa shape index (κ2) is 21.5. The van der Waals surface area contributed by atoms with Crippen molar-refractivity contribution >= 4 is 50.8 Å². The summed E-state index contributed by atoms with van der Waals surface area (Å²) in [6.07, 6.45) is 6.01. The number of imidazole rings is 1. The molecule has 0 saturated carbocycles. The van der Waals surface area contributed by atoms with Crippen molar-refractivity contribution < 1.29 is 41.8 Å². The van der Waals surface area contributed by atoms with Crippen LogP contribution in [0.3, 0.4) is 0 Å². The molecule has 320 valence electrons. The fourth-order valence-corrected chi connectivity index (χ4v) is 7.94. The molecule has 19 heteroatoms. The maximum absolute atomic E-state index is 13.7. The van der Waals surface area contributed by atoms with Gasteiger partial charge in [-0.15, -0.1) is 0 Å². The summed E-state index contributed by atoms with van der Waals surface area (Å²) in [5.41, 5.74) is 2.73. The van der Waals surface area contributed by atoms with Crippen molar-refractivity contribution in [2.24, 2.45) is 7.05 Å². The number of carbonyl (C=O) groups is 4. The molecular formula is C41H51N9O9S. The van der Waals surface area contributed by atoms with Crippen LogP contribution in [-0.4, -0.2) is 97.6 Å². The number of methoxy groups -OCH3 is 1. The fourth-order valence-electron chi connectivity index (χ4n) is 6.30. The topological polar surface area (TPSA) is 226 Å². The predicted octanol–water partition coefficient (Wildman–Crippen LogP) is 3.34. The van der Waals surface area contributed by atoms with Crippen LogP contribution in [0.1, 0.15) is 46.3 Å². The summed E-state index contributed by atoms with van der Waals surface area (Å²) in [4.78, 5) is 54.2. The average molecular weight is 846 g/mol. The van der Waals surface area contributed by atoms with Gasteiger partial charge in [0.2, 0.25) is 21.9 Å². The molecule has 2 heterocycles. The Kier molecular flexibility index (Phi) is 16.0. The normalized spacial score (nSPS) is 11.7. The van der Waals surface area contributed by atoms with Gasteiger partial charge < -0.3 is 40.0 Å². The number of sulfonamides is 1. The van der Waals surface area contributed by atoms with Crippen LogP contribution < -0.4 is 30.7 Å². The van der Waals surface area contributed by atoms with Crippen LogP contribution in [0.4, 0.5) is 10.7 Å². The van der Waals surface area contributed by atoms with Crippen molar-refractivity contribution in [2.45, 2.75) is 57.2 Å². The Balaban J connectivity index is 1.06. The number of ether oxygens (including phenoxy) is 3. The lowest BCUT2D eigenvalue weighted by molar-refractivity contribution is -0.142. The number of carbonyl (C=O) groups excluding carboxylic acids is 4. The molecule has 0 fully saturated rings. The first-order valence-electron chi connectivity index (χ1n) is 19.3. The van der Waals surface area contributed by atoms with Crippen molar-refractivity contribution in [1.29, 1.82) is 0 Å². The molecule has 5 N–H and O–H groups in total. The van der Waals surface area contributed by atoms with Gasteiger partial charge in [-0.1, -0.05) is 30.3 Å². The Morgan fingerprint density at radius 1 is 0.900 bits per heavy atom. The number of benzene rings is 3. The number of nitrogens with one attached hydrogen (secondary N) is 5. The Morgan fingerprint density at radius 2 is 1.65 bits per heavy atom. The van der Waals surface area contributed by atoms with E-state index in [0.717, 1.165) is 35.9 Å². The highest BCUT2D eigenvalue weighted by atomic mass is 32.2. The first-order valence-corrected chi connectivity index (χ1v) is 20.8. The van der Waals surface area contributed by atoms with E-state index in [2.05, 4.69) is 36.1 Å². The average Bonchev–Trinajstić information content (AvgIpc) is 3.84. The third kappa shape index (κ3) is 12.8. The van der Waals surface area contributed by atoms with E-state index in [-0.39, 0.29) is 50.1 Å². The van der Waals surface area contributed by atoms with E-state index in [1.165, 1.54) is 0 Å². The molecule has 5 aromatic rings. The van der Waals surface area contributed by atoms with E-state index in [1.54, 1.807) is 56.6 Å². The van der Waals surface area contributed by atoms with Crippen molar-refractivity contribution in [3.8, 4) is 5.75 Å². The van der Waals surface area contributed by atoms with Crippen LogP contribution in [0.5, 0.6) is 5.75 Å². The first-order chi connectivity index (χ1) is 28.8. The Labute approximate surface area is 348 Å². The quantitative estimate of drug-likeness (QED) is 0.0500. The Bertz CT molecular complexity index is 2340. The molecule has 18 nitrogen and oxygen atoms in total. The van der Waals surface area contributed by atoms with E-state index in [9.17, 15) is 27.6 Å². The van der Waals surface area contributed by atoms with Crippen LogP contribution in [0.15, 0.2) is 84.1 Å². The molecule has 2 aromatic heterocycles. The SMILES string of the molecule is COC(=O)[C@H](CNC(=O)c1ccc2c(cnn2CCCNc2nccn2C)c1)NS(=O)(=O)c1c(C)cc(OCCCC(=O)NCCNC(=O)OCc2ccccc2)cc1C. The monoisotopic (exact) mass is 845 g/mol. The molecule has 1 atom stereocenters. The van der Waals surface area contributed by atoms with Crippen molar-refractivity contribution in [3.05, 3.63) is 102 Å². The zero-order chi connectivity index (χ0) is 43.1. The lowest BCUT2D eigenvalue weighted by Crippen LogP contribution is -2.49. The number of fused-ring (bicyclic) bond motifs is 1. The molecule has 0 aliphatic carbocycles. The summed E-state index contributed by atoms with van der Waals surface area (Å²) in [5.74, 6) is -0.442. The molecule has 3 aromatic carbocycles. The fraction of sp³-hybridized carbons (Fsp3) is 0.366.